The topological polar surface area (TPSA) is 38.3 Å². The summed E-state index contributed by atoms with van der Waals surface area (Å²) in [5.41, 5.74) is -0.401. The summed E-state index contributed by atoms with van der Waals surface area (Å²) in [6.45, 7) is 0. The fourth-order valence-corrected chi connectivity index (χ4v) is 2.02. The highest BCUT2D eigenvalue weighted by atomic mass is 127. The largest absolute Gasteiger partial charge is 0.441 e. The van der Waals surface area contributed by atoms with Crippen LogP contribution in [0.1, 0.15) is 38.5 Å². The van der Waals surface area contributed by atoms with E-state index in [9.17, 15) is 4.79 Å². The van der Waals surface area contributed by atoms with E-state index >= 15 is 0 Å². The second-order valence-electron chi connectivity index (χ2n) is 3.61. The molecule has 1 aliphatic carbocycles. The highest BCUT2D eigenvalue weighted by Crippen LogP contribution is 2.34. The first-order chi connectivity index (χ1) is 6.72. The van der Waals surface area contributed by atoms with Gasteiger partial charge in [-0.1, -0.05) is 6.42 Å². The molecule has 78 valence electrons. The number of halogens is 1. The molecule has 1 rings (SSSR count). The molecule has 3 nitrogen and oxygen atoms in total. The molecule has 0 heterocycles. The van der Waals surface area contributed by atoms with Gasteiger partial charge >= 0.3 is 6.09 Å². The van der Waals surface area contributed by atoms with Crippen molar-refractivity contribution < 1.29 is 9.53 Å². The van der Waals surface area contributed by atoms with Gasteiger partial charge in [-0.3, -0.25) is 3.53 Å². The Morgan fingerprint density at radius 2 is 2.14 bits per heavy atom. The first kappa shape index (κ1) is 11.6. The monoisotopic (exact) mass is 307 g/mol. The number of amides is 1. The molecule has 0 saturated heterocycles. The first-order valence-electron chi connectivity index (χ1n) is 4.75. The number of carbonyl (C=O) groups excluding carboxylic acids is 1. The summed E-state index contributed by atoms with van der Waals surface area (Å²) in [4.78, 5) is 11.2. The summed E-state index contributed by atoms with van der Waals surface area (Å²) in [5, 5.41) is 0. The molecular weight excluding hydrogens is 293 g/mol. The van der Waals surface area contributed by atoms with Gasteiger partial charge in [-0.2, -0.15) is 0 Å². The Morgan fingerprint density at radius 1 is 1.50 bits per heavy atom. The van der Waals surface area contributed by atoms with Gasteiger partial charge in [0.15, 0.2) is 0 Å². The van der Waals surface area contributed by atoms with E-state index < -0.39 is 5.60 Å². The minimum Gasteiger partial charge on any atom is -0.441 e. The van der Waals surface area contributed by atoms with Gasteiger partial charge < -0.3 is 4.74 Å². The summed E-state index contributed by atoms with van der Waals surface area (Å²) in [7, 11) is 0. The second-order valence-corrected chi connectivity index (χ2v) is 4.15. The molecule has 0 aliphatic heterocycles. The third kappa shape index (κ3) is 3.05. The molecule has 0 radical (unpaired) electrons. The molecule has 1 saturated carbocycles. The van der Waals surface area contributed by atoms with Gasteiger partial charge in [0, 0.05) is 6.42 Å². The van der Waals surface area contributed by atoms with Crippen LogP contribution < -0.4 is 3.53 Å². The molecule has 0 spiro atoms. The van der Waals surface area contributed by atoms with Gasteiger partial charge in [-0.05, 0) is 25.7 Å². The molecule has 0 bridgehead atoms. The third-order valence-corrected chi connectivity index (χ3v) is 3.02. The Morgan fingerprint density at radius 3 is 2.64 bits per heavy atom. The second kappa shape index (κ2) is 5.44. The van der Waals surface area contributed by atoms with Crippen molar-refractivity contribution in [2.45, 2.75) is 44.1 Å². The summed E-state index contributed by atoms with van der Waals surface area (Å²) in [5.74, 6) is 2.60. The van der Waals surface area contributed by atoms with Crippen molar-refractivity contribution in [2.24, 2.45) is 0 Å². The Bertz CT molecular complexity index is 241. The first-order valence-corrected chi connectivity index (χ1v) is 5.83. The van der Waals surface area contributed by atoms with Crippen LogP contribution in [0.15, 0.2) is 0 Å². The minimum atomic E-state index is -0.401. The lowest BCUT2D eigenvalue weighted by Gasteiger charge is -2.34. The van der Waals surface area contributed by atoms with Gasteiger partial charge in [0.25, 0.3) is 0 Å². The molecule has 0 atom stereocenters. The van der Waals surface area contributed by atoms with E-state index in [0.29, 0.717) is 6.42 Å². The van der Waals surface area contributed by atoms with Gasteiger partial charge in [0.1, 0.15) is 5.60 Å². The smallest absolute Gasteiger partial charge is 0.416 e. The van der Waals surface area contributed by atoms with E-state index in [2.05, 4.69) is 9.45 Å². The van der Waals surface area contributed by atoms with Crippen molar-refractivity contribution in [2.75, 3.05) is 0 Å². The van der Waals surface area contributed by atoms with E-state index in [-0.39, 0.29) is 6.09 Å². The predicted octanol–water partition coefficient (Wildman–Crippen LogP) is 2.79. The molecule has 0 aromatic carbocycles. The number of ether oxygens (including phenoxy) is 1. The highest BCUT2D eigenvalue weighted by Gasteiger charge is 2.35. The van der Waals surface area contributed by atoms with E-state index in [1.165, 1.54) is 6.42 Å². The van der Waals surface area contributed by atoms with E-state index in [1.807, 2.05) is 0 Å². The predicted molar refractivity (Wildman–Crippen MR) is 62.9 cm³/mol. The van der Waals surface area contributed by atoms with Crippen molar-refractivity contribution >= 4 is 29.0 Å². The number of terminal acetylenes is 1. The van der Waals surface area contributed by atoms with Crippen molar-refractivity contribution in [1.82, 2.24) is 3.53 Å². The summed E-state index contributed by atoms with van der Waals surface area (Å²) < 4.78 is 7.80. The molecule has 0 unspecified atom stereocenters. The minimum absolute atomic E-state index is 0.386. The van der Waals surface area contributed by atoms with Crippen LogP contribution in [-0.2, 0) is 4.74 Å². The molecule has 1 fully saturated rings. The molecular formula is C10H14INO2. The number of nitrogens with one attached hydrogen (secondary N) is 1. The normalized spacial score (nSPS) is 19.4. The fourth-order valence-electron chi connectivity index (χ4n) is 1.91. The van der Waals surface area contributed by atoms with Crippen LogP contribution in [0.2, 0.25) is 0 Å². The Labute approximate surface area is 98.5 Å². The maximum Gasteiger partial charge on any atom is 0.416 e. The number of rotatable bonds is 2. The average molecular weight is 307 g/mol. The average Bonchev–Trinajstić information content (AvgIpc) is 2.19. The molecule has 4 heteroatoms. The van der Waals surface area contributed by atoms with Crippen molar-refractivity contribution in [1.29, 1.82) is 0 Å². The lowest BCUT2D eigenvalue weighted by atomic mass is 9.82. The molecule has 14 heavy (non-hydrogen) atoms. The van der Waals surface area contributed by atoms with Gasteiger partial charge in [-0.15, -0.1) is 12.3 Å². The van der Waals surface area contributed by atoms with Crippen LogP contribution in [0.25, 0.3) is 0 Å². The van der Waals surface area contributed by atoms with Gasteiger partial charge in [0.2, 0.25) is 0 Å². The Balaban J connectivity index is 2.61. The standard InChI is InChI=1S/C10H14INO2/c1-2-6-10(14-9(13)12-11)7-4-3-5-8-10/h1H,3-8H2,(H,12,13). The summed E-state index contributed by atoms with van der Waals surface area (Å²) >= 11 is 1.77. The third-order valence-electron chi connectivity index (χ3n) is 2.58. The molecule has 0 aromatic rings. The fraction of sp³-hybridized carbons (Fsp3) is 0.700. The SMILES string of the molecule is C#CCC1(OC(=O)NI)CCCCC1. The summed E-state index contributed by atoms with van der Waals surface area (Å²) in [6.07, 6.45) is 10.6. The van der Waals surface area contributed by atoms with Gasteiger partial charge in [0.05, 0.1) is 22.9 Å². The molecule has 1 aliphatic rings. The zero-order valence-corrected chi connectivity index (χ0v) is 10.2. The molecule has 1 N–H and O–H groups in total. The van der Waals surface area contributed by atoms with Crippen LogP contribution in [0.4, 0.5) is 4.79 Å². The van der Waals surface area contributed by atoms with E-state index in [1.54, 1.807) is 22.9 Å². The van der Waals surface area contributed by atoms with Gasteiger partial charge in [-0.25, -0.2) is 4.79 Å². The van der Waals surface area contributed by atoms with Crippen LogP contribution in [0.3, 0.4) is 0 Å². The number of hydrogen-bond donors (Lipinski definition) is 1. The quantitative estimate of drug-likeness (QED) is 0.484. The zero-order chi connectivity index (χ0) is 10.4. The Hall–Kier alpha value is -0.440. The lowest BCUT2D eigenvalue weighted by Crippen LogP contribution is -2.38. The van der Waals surface area contributed by atoms with Crippen molar-refractivity contribution in [3.63, 3.8) is 0 Å². The van der Waals surface area contributed by atoms with Crippen LogP contribution >= 0.6 is 22.9 Å². The van der Waals surface area contributed by atoms with Crippen molar-refractivity contribution in [3.8, 4) is 12.3 Å². The zero-order valence-electron chi connectivity index (χ0n) is 8.01. The molecule has 1 amide bonds. The highest BCUT2D eigenvalue weighted by molar-refractivity contribution is 14.1. The maximum absolute atomic E-state index is 11.2. The number of carbonyl (C=O) groups is 1. The number of hydrogen-bond acceptors (Lipinski definition) is 2. The van der Waals surface area contributed by atoms with E-state index in [0.717, 1.165) is 25.7 Å². The van der Waals surface area contributed by atoms with E-state index in [4.69, 9.17) is 11.2 Å². The van der Waals surface area contributed by atoms with Crippen molar-refractivity contribution in [3.05, 3.63) is 0 Å². The maximum atomic E-state index is 11.2. The molecule has 0 aromatic heterocycles. The van der Waals surface area contributed by atoms with Crippen LogP contribution in [-0.4, -0.2) is 11.7 Å². The Kier molecular flexibility index (Phi) is 4.52. The van der Waals surface area contributed by atoms with Crippen LogP contribution in [0, 0.1) is 12.3 Å². The lowest BCUT2D eigenvalue weighted by molar-refractivity contribution is -0.00914. The summed E-state index contributed by atoms with van der Waals surface area (Å²) in [6, 6.07) is 0. The van der Waals surface area contributed by atoms with Crippen LogP contribution in [0.5, 0.6) is 0 Å².